The Hall–Kier alpha value is -0.780. The molecule has 0 amide bonds. The van der Waals surface area contributed by atoms with Gasteiger partial charge in [0.15, 0.2) is 0 Å². The summed E-state index contributed by atoms with van der Waals surface area (Å²) in [6.45, 7) is -7.54. The van der Waals surface area contributed by atoms with Gasteiger partial charge in [-0.15, -0.1) is 0 Å². The minimum Gasteiger partial charge on any atom is -0.415 e. The molecule has 0 unspecified atom stereocenters. The lowest BCUT2D eigenvalue weighted by Crippen LogP contribution is -2.03. The van der Waals surface area contributed by atoms with Crippen LogP contribution < -0.4 is 9.05 Å². The van der Waals surface area contributed by atoms with E-state index >= 15 is 0 Å². The van der Waals surface area contributed by atoms with Crippen molar-refractivity contribution in [1.82, 2.24) is 0 Å². The molecule has 2 aromatic rings. The number of para-hydroxylation sites is 2. The third kappa shape index (κ3) is 5.85. The lowest BCUT2D eigenvalue weighted by molar-refractivity contribution is 0.327. The number of hydrogen-bond acceptors (Lipinski definition) is 5. The predicted octanol–water partition coefficient (Wildman–Crippen LogP) is 3.59. The molecule has 0 radical (unpaired) electrons. The maximum Gasteiger partial charge on any atom is 0.442 e. The molecule has 0 aliphatic rings. The molecule has 21 heavy (non-hydrogen) atoms. The van der Waals surface area contributed by atoms with Crippen molar-refractivity contribution in [3.8, 4) is 11.5 Å². The second-order valence-corrected chi connectivity index (χ2v) is 9.49. The molecule has 0 heterocycles. The number of benzene rings is 2. The van der Waals surface area contributed by atoms with Crippen LogP contribution in [0.2, 0.25) is 0 Å². The van der Waals surface area contributed by atoms with E-state index in [0.717, 1.165) is 0 Å². The molecular weight excluding hydrogens is 350 g/mol. The zero-order valence-corrected chi connectivity index (χ0v) is 14.0. The van der Waals surface area contributed by atoms with Gasteiger partial charge in [-0.3, -0.25) is 0 Å². The van der Waals surface area contributed by atoms with Gasteiger partial charge in [0.2, 0.25) is 0 Å². The van der Waals surface area contributed by atoms with E-state index in [1.807, 2.05) is 0 Å². The topological polar surface area (TPSA) is 68.2 Å². The summed E-state index contributed by atoms with van der Waals surface area (Å²) < 4.78 is 16.0. The Morgan fingerprint density at radius 2 is 1.10 bits per heavy atom. The molecule has 0 aliphatic heterocycles. The van der Waals surface area contributed by atoms with Gasteiger partial charge in [0.1, 0.15) is 11.5 Å². The van der Waals surface area contributed by atoms with E-state index in [9.17, 15) is 9.79 Å². The largest absolute Gasteiger partial charge is 0.442 e. The van der Waals surface area contributed by atoms with E-state index in [4.69, 9.17) is 25.2 Å². The van der Waals surface area contributed by atoms with Gasteiger partial charge in [-0.1, -0.05) is 36.4 Å². The van der Waals surface area contributed by atoms with Crippen molar-refractivity contribution in [2.24, 2.45) is 0 Å². The van der Waals surface area contributed by atoms with Crippen LogP contribution in [-0.4, -0.2) is 9.79 Å². The zero-order valence-electron chi connectivity index (χ0n) is 10.6. The van der Waals surface area contributed by atoms with Crippen LogP contribution >= 0.6 is 13.4 Å². The first-order chi connectivity index (χ1) is 9.86. The van der Waals surface area contributed by atoms with Crippen LogP contribution in [0, 0.1) is 0 Å². The molecule has 0 bridgehead atoms. The standard InChI is InChI=1S/C12H12O5P2S2/c13-18(14,20)17-19(21,15-11-7-3-1-4-8-11)16-12-9-5-2-6-10-12/h1-10H,(H2,13,14,20). The van der Waals surface area contributed by atoms with E-state index in [-0.39, 0.29) is 0 Å². The summed E-state index contributed by atoms with van der Waals surface area (Å²) in [4.78, 5) is 18.7. The number of hydrogen-bond donors (Lipinski definition) is 2. The first-order valence-corrected chi connectivity index (χ1v) is 10.9. The third-order valence-corrected chi connectivity index (χ3v) is 6.29. The lowest BCUT2D eigenvalue weighted by Gasteiger charge is -2.23. The molecular formula is C12H12O5P2S2. The average Bonchev–Trinajstić information content (AvgIpc) is 2.38. The fourth-order valence-electron chi connectivity index (χ4n) is 1.40. The summed E-state index contributed by atoms with van der Waals surface area (Å²) in [6.07, 6.45) is 0. The lowest BCUT2D eigenvalue weighted by atomic mass is 10.3. The van der Waals surface area contributed by atoms with Gasteiger partial charge >= 0.3 is 13.4 Å². The van der Waals surface area contributed by atoms with E-state index in [1.165, 1.54) is 0 Å². The van der Waals surface area contributed by atoms with Crippen LogP contribution in [-0.2, 0) is 27.9 Å². The first kappa shape index (κ1) is 16.6. The van der Waals surface area contributed by atoms with Crippen LogP contribution in [0.3, 0.4) is 0 Å². The Bertz CT molecular complexity index is 629. The van der Waals surface area contributed by atoms with Crippen LogP contribution in [0.4, 0.5) is 0 Å². The molecule has 5 nitrogen and oxygen atoms in total. The maximum atomic E-state index is 9.37. The van der Waals surface area contributed by atoms with E-state index in [0.29, 0.717) is 11.5 Å². The van der Waals surface area contributed by atoms with Crippen molar-refractivity contribution in [1.29, 1.82) is 0 Å². The van der Waals surface area contributed by atoms with Gasteiger partial charge < -0.3 is 18.8 Å². The smallest absolute Gasteiger partial charge is 0.415 e. The van der Waals surface area contributed by atoms with Gasteiger partial charge in [0, 0.05) is 11.8 Å². The van der Waals surface area contributed by atoms with Crippen molar-refractivity contribution < 1.29 is 23.1 Å². The molecule has 0 atom stereocenters. The van der Waals surface area contributed by atoms with Gasteiger partial charge in [-0.2, -0.15) is 0 Å². The van der Waals surface area contributed by atoms with Gasteiger partial charge in [0.25, 0.3) is 0 Å². The molecule has 0 spiro atoms. The highest BCUT2D eigenvalue weighted by molar-refractivity contribution is 8.14. The Morgan fingerprint density at radius 1 is 0.714 bits per heavy atom. The van der Waals surface area contributed by atoms with E-state index < -0.39 is 13.4 Å². The van der Waals surface area contributed by atoms with Crippen molar-refractivity contribution in [3.63, 3.8) is 0 Å². The minimum absolute atomic E-state index is 0.389. The molecule has 2 aromatic carbocycles. The average molecular weight is 362 g/mol. The highest BCUT2D eigenvalue weighted by atomic mass is 32.5. The molecule has 0 saturated heterocycles. The fraction of sp³-hybridized carbons (Fsp3) is 0. The van der Waals surface area contributed by atoms with E-state index in [1.54, 1.807) is 60.7 Å². The first-order valence-electron chi connectivity index (χ1n) is 5.73. The van der Waals surface area contributed by atoms with Crippen molar-refractivity contribution in [3.05, 3.63) is 60.7 Å². The van der Waals surface area contributed by atoms with Gasteiger partial charge in [0.05, 0.1) is 0 Å². The maximum absolute atomic E-state index is 9.37. The summed E-state index contributed by atoms with van der Waals surface area (Å²) in [5.41, 5.74) is 0. The fourth-order valence-corrected chi connectivity index (χ4v) is 6.03. The van der Waals surface area contributed by atoms with Crippen LogP contribution in [0.1, 0.15) is 0 Å². The Morgan fingerprint density at radius 3 is 1.43 bits per heavy atom. The van der Waals surface area contributed by atoms with Crippen molar-refractivity contribution in [2.45, 2.75) is 0 Å². The summed E-state index contributed by atoms with van der Waals surface area (Å²) in [5.74, 6) is 0.778. The minimum atomic E-state index is -4.03. The highest BCUT2D eigenvalue weighted by Crippen LogP contribution is 2.60. The van der Waals surface area contributed by atoms with Crippen molar-refractivity contribution in [2.75, 3.05) is 0 Å². The van der Waals surface area contributed by atoms with E-state index in [2.05, 4.69) is 11.8 Å². The van der Waals surface area contributed by atoms with Crippen molar-refractivity contribution >= 4 is 37.1 Å². The molecule has 2 N–H and O–H groups in total. The zero-order chi connectivity index (χ0) is 15.3. The Labute approximate surface area is 132 Å². The molecule has 0 aliphatic carbocycles. The Kier molecular flexibility index (Phi) is 5.52. The van der Waals surface area contributed by atoms with Gasteiger partial charge in [-0.05, 0) is 36.1 Å². The quantitative estimate of drug-likeness (QED) is 0.761. The van der Waals surface area contributed by atoms with Crippen LogP contribution in [0.5, 0.6) is 11.5 Å². The molecule has 0 aromatic heterocycles. The van der Waals surface area contributed by atoms with Crippen LogP contribution in [0.15, 0.2) is 60.7 Å². The molecule has 112 valence electrons. The summed E-state index contributed by atoms with van der Waals surface area (Å²) in [5, 5.41) is 0. The van der Waals surface area contributed by atoms with Crippen LogP contribution in [0.25, 0.3) is 0 Å². The highest BCUT2D eigenvalue weighted by Gasteiger charge is 2.31. The predicted molar refractivity (Wildman–Crippen MR) is 88.2 cm³/mol. The number of rotatable bonds is 6. The SMILES string of the molecule is OP(O)(=S)OP(=S)(Oc1ccccc1)Oc1ccccc1. The molecule has 0 fully saturated rings. The Balaban J connectivity index is 2.26. The second-order valence-electron chi connectivity index (χ2n) is 3.83. The molecule has 9 heteroatoms. The summed E-state index contributed by atoms with van der Waals surface area (Å²) in [6, 6.07) is 17.2. The summed E-state index contributed by atoms with van der Waals surface area (Å²) >= 11 is 9.67. The summed E-state index contributed by atoms with van der Waals surface area (Å²) in [7, 11) is 0. The van der Waals surface area contributed by atoms with Gasteiger partial charge in [-0.25, -0.2) is 4.31 Å². The third-order valence-electron chi connectivity index (χ3n) is 2.13. The molecule has 2 rings (SSSR count). The molecule has 0 saturated carbocycles. The second kappa shape index (κ2) is 6.99. The monoisotopic (exact) mass is 362 g/mol. The normalized spacial score (nSPS) is 11.9.